The van der Waals surface area contributed by atoms with Gasteiger partial charge in [-0.15, -0.1) is 0 Å². The van der Waals surface area contributed by atoms with E-state index in [-0.39, 0.29) is 10.8 Å². The normalized spacial score (nSPS) is 26.4. The van der Waals surface area contributed by atoms with Crippen LogP contribution in [0.15, 0.2) is 99.9 Å². The summed E-state index contributed by atoms with van der Waals surface area (Å²) in [7, 11) is 0. The Morgan fingerprint density at radius 1 is 0.623 bits per heavy atom. The molecular formula is C52H62Zr. The van der Waals surface area contributed by atoms with Gasteiger partial charge in [-0.05, 0) is 0 Å². The first-order valence-corrected chi connectivity index (χ1v) is 27.6. The number of benzene rings is 4. The standard InChI is InChI=1S/C21H25.C16H21.2C7H7.CH2.Zr/c1-20(2,3)16-9-7-14-11-15-8-10-17(21(4,5)6)13-19(15)18(14)12-16;1-10-2-3-13(4-10)16-14-6-11-5-12(8-14)9-15(16)7-11;2*1-7-5-3-2-4-6-7;;/h7,9-10,12-13H,11H2,1-6H3;3-4,10-12,14-16H,5-9H2,1H3;2*3-6H,1H3;1H2;. The fourth-order valence-electron chi connectivity index (χ4n) is 12.6. The zero-order valence-corrected chi connectivity index (χ0v) is 36.5. The van der Waals surface area contributed by atoms with Crippen LogP contribution in [0.25, 0.3) is 11.1 Å². The molecule has 4 fully saturated rings. The summed E-state index contributed by atoms with van der Waals surface area (Å²) in [6.07, 6.45) is 13.9. The molecule has 4 aromatic rings. The number of fused-ring (bicyclic) bond motifs is 3. The summed E-state index contributed by atoms with van der Waals surface area (Å²) in [5.74, 6) is 4.76. The van der Waals surface area contributed by atoms with Gasteiger partial charge < -0.3 is 0 Å². The molecule has 0 aromatic heterocycles. The van der Waals surface area contributed by atoms with Crippen molar-refractivity contribution in [1.82, 2.24) is 0 Å². The van der Waals surface area contributed by atoms with E-state index in [1.807, 2.05) is 0 Å². The second-order valence-corrected chi connectivity index (χ2v) is 33.5. The minimum absolute atomic E-state index is 0.0118. The molecule has 4 aromatic carbocycles. The van der Waals surface area contributed by atoms with Gasteiger partial charge in [0.15, 0.2) is 0 Å². The van der Waals surface area contributed by atoms with E-state index in [0.717, 1.165) is 36.0 Å². The zero-order valence-electron chi connectivity index (χ0n) is 34.1. The van der Waals surface area contributed by atoms with Gasteiger partial charge in [-0.2, -0.15) is 0 Å². The molecule has 0 nitrogen and oxygen atoms in total. The minimum atomic E-state index is -5.02. The molecule has 6 aliphatic rings. The van der Waals surface area contributed by atoms with E-state index in [1.165, 1.54) is 83.2 Å². The molecule has 0 heterocycles. The predicted octanol–water partition coefficient (Wildman–Crippen LogP) is 11.4. The molecule has 4 saturated carbocycles. The third-order valence-corrected chi connectivity index (χ3v) is 31.8. The first-order valence-electron chi connectivity index (χ1n) is 20.9. The Balaban J connectivity index is 1.37. The Morgan fingerprint density at radius 3 is 1.68 bits per heavy atom. The van der Waals surface area contributed by atoms with E-state index >= 15 is 0 Å². The van der Waals surface area contributed by atoms with E-state index in [0.29, 0.717) is 5.92 Å². The molecule has 6 aliphatic carbocycles. The average molecular weight is 778 g/mol. The van der Waals surface area contributed by atoms with Crippen LogP contribution in [0.3, 0.4) is 0 Å². The third kappa shape index (κ3) is 5.40. The molecule has 0 amide bonds. The summed E-state index contributed by atoms with van der Waals surface area (Å²) >= 11 is -5.02. The summed E-state index contributed by atoms with van der Waals surface area (Å²) in [5, 5.41) is 0. The Hall–Kier alpha value is -2.89. The van der Waals surface area contributed by atoms with Crippen molar-refractivity contribution in [1.29, 1.82) is 0 Å². The molecule has 1 heteroatoms. The summed E-state index contributed by atoms with van der Waals surface area (Å²) in [4.78, 5) is 0. The second-order valence-electron chi connectivity index (χ2n) is 20.8. The van der Waals surface area contributed by atoms with Crippen LogP contribution in [-0.4, -0.2) is 4.21 Å². The van der Waals surface area contributed by atoms with Crippen molar-refractivity contribution in [3.8, 4) is 11.1 Å². The average Bonchev–Trinajstić information content (AvgIpc) is 3.67. The number of allylic oxidation sites excluding steroid dienone is 4. The fraction of sp³-hybridized carbons (Fsp3) is 0.442. The van der Waals surface area contributed by atoms with E-state index in [9.17, 15) is 0 Å². The van der Waals surface area contributed by atoms with Gasteiger partial charge in [-0.1, -0.05) is 0 Å². The topological polar surface area (TPSA) is 0 Å². The number of rotatable bonds is 5. The van der Waals surface area contributed by atoms with Crippen LogP contribution in [0, 0.1) is 49.4 Å². The van der Waals surface area contributed by atoms with Crippen LogP contribution in [0.4, 0.5) is 0 Å². The molecule has 1 unspecified atom stereocenters. The van der Waals surface area contributed by atoms with Gasteiger partial charge in [0, 0.05) is 0 Å². The van der Waals surface area contributed by atoms with Gasteiger partial charge in [0.1, 0.15) is 0 Å². The van der Waals surface area contributed by atoms with E-state index in [1.54, 1.807) is 12.1 Å². The fourth-order valence-corrected chi connectivity index (χ4v) is 29.0. The van der Waals surface area contributed by atoms with E-state index in [2.05, 4.69) is 153 Å². The van der Waals surface area contributed by atoms with Crippen molar-refractivity contribution in [2.24, 2.45) is 35.5 Å². The third-order valence-electron chi connectivity index (χ3n) is 15.2. The van der Waals surface area contributed by atoms with Crippen molar-refractivity contribution in [3.05, 3.63) is 133 Å². The molecule has 0 spiro atoms. The molecule has 53 heavy (non-hydrogen) atoms. The van der Waals surface area contributed by atoms with Crippen molar-refractivity contribution < 1.29 is 18.3 Å². The quantitative estimate of drug-likeness (QED) is 0.167. The van der Waals surface area contributed by atoms with Crippen molar-refractivity contribution in [2.75, 3.05) is 0 Å². The maximum atomic E-state index is 6.00. The molecule has 0 aliphatic heterocycles. The van der Waals surface area contributed by atoms with Crippen molar-refractivity contribution in [3.63, 3.8) is 0 Å². The Labute approximate surface area is 321 Å². The molecule has 1 atom stereocenters. The van der Waals surface area contributed by atoms with Gasteiger partial charge in [0.25, 0.3) is 0 Å². The summed E-state index contributed by atoms with van der Waals surface area (Å²) in [6.45, 7) is 21.3. The Kier molecular flexibility index (Phi) is 8.14. The number of hydrogen-bond donors (Lipinski definition) is 0. The van der Waals surface area contributed by atoms with Crippen LogP contribution in [0.5, 0.6) is 0 Å². The van der Waals surface area contributed by atoms with Crippen LogP contribution < -0.4 is 9.81 Å². The van der Waals surface area contributed by atoms with Crippen LogP contribution in [0.2, 0.25) is 0 Å². The summed E-state index contributed by atoms with van der Waals surface area (Å²) in [5.41, 5.74) is 13.1. The van der Waals surface area contributed by atoms with Gasteiger partial charge in [0.2, 0.25) is 0 Å². The predicted molar refractivity (Wildman–Crippen MR) is 226 cm³/mol. The van der Waals surface area contributed by atoms with Gasteiger partial charge >= 0.3 is 324 Å². The Morgan fingerprint density at radius 2 is 1.15 bits per heavy atom. The van der Waals surface area contributed by atoms with E-state index in [4.69, 9.17) is 4.21 Å². The SMILES string of the molecule is [CH2]=[Zr]([C]1=CC(C2C3CC4CC(C3)CC2C4)=CC1C)([c]1ccc(C)cc1)([c]1ccc(C)cc1)[c]1cc(C(C)(C)C)cc2c1Cc1ccc(C(C)(C)C)cc1-2. The molecule has 0 radical (unpaired) electrons. The molecule has 274 valence electrons. The van der Waals surface area contributed by atoms with Crippen LogP contribution >= 0.6 is 0 Å². The molecule has 0 N–H and O–H groups in total. The molecule has 0 saturated heterocycles. The van der Waals surface area contributed by atoms with Crippen LogP contribution in [-0.2, 0) is 35.5 Å². The monoisotopic (exact) mass is 776 g/mol. The maximum absolute atomic E-state index is 6.00. The first kappa shape index (κ1) is 35.8. The van der Waals surface area contributed by atoms with E-state index < -0.39 is 18.3 Å². The second kappa shape index (κ2) is 12.1. The number of hydrogen-bond acceptors (Lipinski definition) is 0. The van der Waals surface area contributed by atoms with Crippen molar-refractivity contribution >= 4 is 14.0 Å². The van der Waals surface area contributed by atoms with Gasteiger partial charge in [-0.3, -0.25) is 0 Å². The number of aryl methyl sites for hydroxylation is 2. The summed E-state index contributed by atoms with van der Waals surface area (Å²) in [6, 6.07) is 32.2. The van der Waals surface area contributed by atoms with Crippen LogP contribution in [0.1, 0.15) is 114 Å². The molecule has 4 bridgehead atoms. The molecular weight excluding hydrogens is 716 g/mol. The first-order chi connectivity index (χ1) is 25.0. The zero-order chi connectivity index (χ0) is 37.3. The summed E-state index contributed by atoms with van der Waals surface area (Å²) < 4.78 is 12.2. The van der Waals surface area contributed by atoms with Crippen molar-refractivity contribution in [2.45, 2.75) is 112 Å². The molecule has 10 rings (SSSR count). The van der Waals surface area contributed by atoms with Gasteiger partial charge in [-0.25, -0.2) is 0 Å². The van der Waals surface area contributed by atoms with Gasteiger partial charge in [0.05, 0.1) is 0 Å². The Bertz CT molecular complexity index is 2180.